The van der Waals surface area contributed by atoms with Crippen LogP contribution in [0.1, 0.15) is 11.6 Å². The van der Waals surface area contributed by atoms with E-state index in [0.717, 1.165) is 0 Å². The molecule has 0 spiro atoms. The first-order valence-corrected chi connectivity index (χ1v) is 5.05. The van der Waals surface area contributed by atoms with E-state index in [0.29, 0.717) is 24.5 Å². The molecule has 2 aromatic rings. The molecule has 0 aromatic carbocycles. The number of rotatable bonds is 3. The Morgan fingerprint density at radius 2 is 0.778 bits per heavy atom. The van der Waals surface area contributed by atoms with E-state index < -0.39 is 0 Å². The Hall–Kier alpha value is -2.78. The summed E-state index contributed by atoms with van der Waals surface area (Å²) in [5.74, 6) is 1.22. The van der Waals surface area contributed by atoms with Crippen molar-refractivity contribution in [2.45, 2.75) is 12.8 Å². The van der Waals surface area contributed by atoms with Gasteiger partial charge in [-0.2, -0.15) is 29.9 Å². The summed E-state index contributed by atoms with van der Waals surface area (Å²) >= 11 is 0. The molecule has 10 heteroatoms. The summed E-state index contributed by atoms with van der Waals surface area (Å²) in [5, 5.41) is 0. The van der Waals surface area contributed by atoms with Crippen LogP contribution in [0.25, 0.3) is 0 Å². The van der Waals surface area contributed by atoms with Gasteiger partial charge in [-0.15, -0.1) is 0 Å². The van der Waals surface area contributed by atoms with Crippen LogP contribution in [-0.2, 0) is 12.8 Å². The molecule has 0 aliphatic rings. The molecule has 2 rings (SSSR count). The highest BCUT2D eigenvalue weighted by atomic mass is 15.2. The van der Waals surface area contributed by atoms with Crippen molar-refractivity contribution in [3.63, 3.8) is 0 Å². The van der Waals surface area contributed by atoms with Crippen LogP contribution in [0.4, 0.5) is 23.8 Å². The number of hydrogen-bond acceptors (Lipinski definition) is 10. The Morgan fingerprint density at radius 1 is 0.500 bits per heavy atom. The minimum Gasteiger partial charge on any atom is -0.368 e. The van der Waals surface area contributed by atoms with Gasteiger partial charge in [0.25, 0.3) is 0 Å². The molecule has 0 radical (unpaired) electrons. The number of hydrogen-bond donors (Lipinski definition) is 4. The SMILES string of the molecule is Nc1nc(N)nc(CCc2nc(N)nc(N)n2)n1. The van der Waals surface area contributed by atoms with E-state index in [1.54, 1.807) is 0 Å². The van der Waals surface area contributed by atoms with Gasteiger partial charge in [-0.1, -0.05) is 0 Å². The van der Waals surface area contributed by atoms with Crippen LogP contribution < -0.4 is 22.9 Å². The lowest BCUT2D eigenvalue weighted by Crippen LogP contribution is -2.10. The topological polar surface area (TPSA) is 181 Å². The zero-order valence-electron chi connectivity index (χ0n) is 9.41. The number of nitrogens with two attached hydrogens (primary N) is 4. The molecule has 8 N–H and O–H groups in total. The molecular formula is C8H12N10. The lowest BCUT2D eigenvalue weighted by atomic mass is 10.3. The Labute approximate surface area is 102 Å². The fourth-order valence-corrected chi connectivity index (χ4v) is 1.36. The summed E-state index contributed by atoms with van der Waals surface area (Å²) in [6.07, 6.45) is 0.889. The largest absolute Gasteiger partial charge is 0.368 e. The third-order valence-corrected chi connectivity index (χ3v) is 2.00. The summed E-state index contributed by atoms with van der Waals surface area (Å²) in [4.78, 5) is 23.1. The van der Waals surface area contributed by atoms with Crippen LogP contribution in [0.3, 0.4) is 0 Å². The standard InChI is InChI=1S/C8H12N10/c9-5-13-3(14-6(10)17-5)1-2-4-15-7(11)18-8(12)16-4/h1-2H2,(H4,9,10,13,14,17)(H4,11,12,15,16,18). The monoisotopic (exact) mass is 248 g/mol. The second-order valence-electron chi connectivity index (χ2n) is 3.44. The molecule has 0 saturated heterocycles. The van der Waals surface area contributed by atoms with Gasteiger partial charge in [0.2, 0.25) is 23.8 Å². The van der Waals surface area contributed by atoms with E-state index >= 15 is 0 Å². The number of aryl methyl sites for hydroxylation is 2. The highest BCUT2D eigenvalue weighted by Crippen LogP contribution is 2.04. The lowest BCUT2D eigenvalue weighted by molar-refractivity contribution is 0.795. The van der Waals surface area contributed by atoms with Crippen molar-refractivity contribution in [3.05, 3.63) is 11.6 Å². The van der Waals surface area contributed by atoms with E-state index in [-0.39, 0.29) is 23.8 Å². The Balaban J connectivity index is 2.11. The fraction of sp³-hybridized carbons (Fsp3) is 0.250. The molecule has 0 fully saturated rings. The van der Waals surface area contributed by atoms with E-state index in [4.69, 9.17) is 22.9 Å². The molecule has 0 atom stereocenters. The van der Waals surface area contributed by atoms with Gasteiger partial charge in [-0.25, -0.2) is 0 Å². The molecule has 2 aromatic heterocycles. The molecule has 94 valence electrons. The zero-order chi connectivity index (χ0) is 13.1. The van der Waals surface area contributed by atoms with Gasteiger partial charge in [0, 0.05) is 12.8 Å². The molecule has 18 heavy (non-hydrogen) atoms. The maximum absolute atomic E-state index is 5.45. The molecule has 0 aliphatic heterocycles. The maximum Gasteiger partial charge on any atom is 0.225 e. The molecule has 0 aliphatic carbocycles. The van der Waals surface area contributed by atoms with E-state index in [2.05, 4.69) is 29.9 Å². The van der Waals surface area contributed by atoms with Gasteiger partial charge in [0.15, 0.2) is 0 Å². The van der Waals surface area contributed by atoms with Crippen LogP contribution in [0.2, 0.25) is 0 Å². The molecule has 2 heterocycles. The minimum absolute atomic E-state index is 0.0761. The van der Waals surface area contributed by atoms with Crippen LogP contribution in [0.5, 0.6) is 0 Å². The lowest BCUT2D eigenvalue weighted by Gasteiger charge is -2.03. The third-order valence-electron chi connectivity index (χ3n) is 2.00. The van der Waals surface area contributed by atoms with E-state index in [9.17, 15) is 0 Å². The maximum atomic E-state index is 5.45. The van der Waals surface area contributed by atoms with Crippen molar-refractivity contribution in [1.82, 2.24) is 29.9 Å². The summed E-state index contributed by atoms with van der Waals surface area (Å²) in [7, 11) is 0. The summed E-state index contributed by atoms with van der Waals surface area (Å²) < 4.78 is 0. The van der Waals surface area contributed by atoms with Crippen molar-refractivity contribution < 1.29 is 0 Å². The average molecular weight is 248 g/mol. The zero-order valence-corrected chi connectivity index (χ0v) is 9.41. The van der Waals surface area contributed by atoms with Gasteiger partial charge in [0.05, 0.1) is 0 Å². The molecule has 0 saturated carbocycles. The van der Waals surface area contributed by atoms with Crippen LogP contribution in [0, 0.1) is 0 Å². The van der Waals surface area contributed by atoms with Crippen molar-refractivity contribution in [2.75, 3.05) is 22.9 Å². The van der Waals surface area contributed by atoms with Crippen molar-refractivity contribution in [3.8, 4) is 0 Å². The van der Waals surface area contributed by atoms with Crippen LogP contribution in [-0.4, -0.2) is 29.9 Å². The van der Waals surface area contributed by atoms with Gasteiger partial charge >= 0.3 is 0 Å². The van der Waals surface area contributed by atoms with E-state index in [1.807, 2.05) is 0 Å². The number of aromatic nitrogens is 6. The number of nitrogens with zero attached hydrogens (tertiary/aromatic N) is 6. The highest BCUT2D eigenvalue weighted by molar-refractivity contribution is 5.27. The van der Waals surface area contributed by atoms with Crippen molar-refractivity contribution in [2.24, 2.45) is 0 Å². The summed E-state index contributed by atoms with van der Waals surface area (Å²) in [5.41, 5.74) is 21.8. The second kappa shape index (κ2) is 4.61. The van der Waals surface area contributed by atoms with Crippen LogP contribution in [0.15, 0.2) is 0 Å². The summed E-state index contributed by atoms with van der Waals surface area (Å²) in [6.45, 7) is 0. The van der Waals surface area contributed by atoms with Crippen molar-refractivity contribution >= 4 is 23.8 Å². The predicted molar refractivity (Wildman–Crippen MR) is 64.7 cm³/mol. The van der Waals surface area contributed by atoms with Crippen LogP contribution >= 0.6 is 0 Å². The number of anilines is 4. The first kappa shape index (κ1) is 11.7. The quantitative estimate of drug-likeness (QED) is 0.482. The van der Waals surface area contributed by atoms with Gasteiger partial charge in [-0.05, 0) is 0 Å². The van der Waals surface area contributed by atoms with Crippen molar-refractivity contribution in [1.29, 1.82) is 0 Å². The molecule has 0 bridgehead atoms. The smallest absolute Gasteiger partial charge is 0.225 e. The molecule has 0 amide bonds. The minimum atomic E-state index is 0.0761. The van der Waals surface area contributed by atoms with Gasteiger partial charge < -0.3 is 22.9 Å². The first-order chi connectivity index (χ1) is 8.52. The Morgan fingerprint density at radius 3 is 1.06 bits per heavy atom. The normalized spacial score (nSPS) is 10.4. The third kappa shape index (κ3) is 2.87. The Kier molecular flexibility index (Phi) is 3.00. The first-order valence-electron chi connectivity index (χ1n) is 5.05. The van der Waals surface area contributed by atoms with E-state index in [1.165, 1.54) is 0 Å². The van der Waals surface area contributed by atoms with Gasteiger partial charge in [-0.3, -0.25) is 0 Å². The molecule has 0 unspecified atom stereocenters. The Bertz CT molecular complexity index is 476. The van der Waals surface area contributed by atoms with Gasteiger partial charge in [0.1, 0.15) is 11.6 Å². The molecule has 10 nitrogen and oxygen atoms in total. The summed E-state index contributed by atoms with van der Waals surface area (Å²) in [6, 6.07) is 0. The highest BCUT2D eigenvalue weighted by Gasteiger charge is 2.06. The second-order valence-corrected chi connectivity index (χ2v) is 3.44. The number of nitrogen functional groups attached to an aromatic ring is 4. The predicted octanol–water partition coefficient (Wildman–Crippen LogP) is -1.83. The molecular weight excluding hydrogens is 236 g/mol. The fourth-order valence-electron chi connectivity index (χ4n) is 1.36. The average Bonchev–Trinajstić information content (AvgIpc) is 2.23.